The number of aryl methyl sites for hydroxylation is 2. The van der Waals surface area contributed by atoms with Crippen LogP contribution in [0.3, 0.4) is 0 Å². The van der Waals surface area contributed by atoms with Gasteiger partial charge in [-0.2, -0.15) is 0 Å². The number of rotatable bonds is 7. The van der Waals surface area contributed by atoms with Crippen molar-refractivity contribution < 1.29 is 4.79 Å². The third-order valence-electron chi connectivity index (χ3n) is 6.89. The predicted molar refractivity (Wildman–Crippen MR) is 150 cm³/mol. The molecular formula is C30H29ClN6O. The second-order valence-electron chi connectivity index (χ2n) is 10.0. The Balaban J connectivity index is 1.66. The highest BCUT2D eigenvalue weighted by molar-refractivity contribution is 6.30. The SMILES string of the molecule is Cc1cn(-c2ccc(-c3cccc(C(C)(C)C(N)=O)c3)cc2-n2nncc2Cc2cccc(Cl)c2)c(C)n1. The highest BCUT2D eigenvalue weighted by Crippen LogP contribution is 2.32. The van der Waals surface area contributed by atoms with Gasteiger partial charge < -0.3 is 10.3 Å². The summed E-state index contributed by atoms with van der Waals surface area (Å²) in [5.74, 6) is 0.503. The van der Waals surface area contributed by atoms with Crippen molar-refractivity contribution in [1.82, 2.24) is 24.5 Å². The summed E-state index contributed by atoms with van der Waals surface area (Å²) in [7, 11) is 0. The van der Waals surface area contributed by atoms with Crippen LogP contribution in [0.15, 0.2) is 79.1 Å². The lowest BCUT2D eigenvalue weighted by Gasteiger charge is -2.22. The average Bonchev–Trinajstić information content (AvgIpc) is 3.48. The van der Waals surface area contributed by atoms with Gasteiger partial charge in [-0.3, -0.25) is 4.79 Å². The fraction of sp³-hybridized carbons (Fsp3) is 0.200. The Hall–Kier alpha value is -4.23. The van der Waals surface area contributed by atoms with Crippen LogP contribution in [0, 0.1) is 13.8 Å². The molecule has 2 N–H and O–H groups in total. The molecule has 0 unspecified atom stereocenters. The van der Waals surface area contributed by atoms with Crippen molar-refractivity contribution >= 4 is 17.5 Å². The fourth-order valence-corrected chi connectivity index (χ4v) is 4.82. The molecule has 8 heteroatoms. The molecule has 7 nitrogen and oxygen atoms in total. The van der Waals surface area contributed by atoms with Gasteiger partial charge in [0.1, 0.15) is 5.82 Å². The molecule has 0 bridgehead atoms. The molecule has 3 aromatic carbocycles. The Morgan fingerprint density at radius 2 is 1.74 bits per heavy atom. The molecule has 192 valence electrons. The molecular weight excluding hydrogens is 496 g/mol. The van der Waals surface area contributed by atoms with E-state index in [4.69, 9.17) is 17.3 Å². The van der Waals surface area contributed by atoms with Crippen LogP contribution in [-0.2, 0) is 16.6 Å². The van der Waals surface area contributed by atoms with E-state index < -0.39 is 5.41 Å². The Morgan fingerprint density at radius 3 is 2.45 bits per heavy atom. The maximum Gasteiger partial charge on any atom is 0.227 e. The van der Waals surface area contributed by atoms with Crippen LogP contribution in [-0.4, -0.2) is 30.5 Å². The topological polar surface area (TPSA) is 91.6 Å². The highest BCUT2D eigenvalue weighted by Gasteiger charge is 2.27. The van der Waals surface area contributed by atoms with Crippen LogP contribution in [0.1, 0.15) is 42.2 Å². The summed E-state index contributed by atoms with van der Waals surface area (Å²) in [6, 6.07) is 21.9. The van der Waals surface area contributed by atoms with E-state index in [-0.39, 0.29) is 5.91 Å². The van der Waals surface area contributed by atoms with Crippen molar-refractivity contribution in [3.8, 4) is 22.5 Å². The zero-order valence-corrected chi connectivity index (χ0v) is 22.6. The van der Waals surface area contributed by atoms with Gasteiger partial charge in [0.05, 0.1) is 34.4 Å². The van der Waals surface area contributed by atoms with E-state index in [1.165, 1.54) is 0 Å². The predicted octanol–water partition coefficient (Wildman–Crippen LogP) is 5.74. The molecule has 0 saturated heterocycles. The van der Waals surface area contributed by atoms with Gasteiger partial charge in [0.2, 0.25) is 5.91 Å². The molecule has 0 aliphatic carbocycles. The van der Waals surface area contributed by atoms with Gasteiger partial charge in [-0.25, -0.2) is 9.67 Å². The molecule has 0 spiro atoms. The number of primary amides is 1. The standard InChI is InChI=1S/C30H29ClN6O/c1-19-18-36(20(2)34-19)27-12-11-23(22-8-6-9-24(15-22)30(3,4)29(32)38)16-28(27)37-26(17-33-35-37)14-21-7-5-10-25(31)13-21/h5-13,15-18H,14H2,1-4H3,(H2,32,38). The first-order valence-corrected chi connectivity index (χ1v) is 12.7. The first-order valence-electron chi connectivity index (χ1n) is 12.4. The first-order chi connectivity index (χ1) is 18.1. The Morgan fingerprint density at radius 1 is 0.974 bits per heavy atom. The van der Waals surface area contributed by atoms with Gasteiger partial charge in [-0.1, -0.05) is 59.3 Å². The minimum Gasteiger partial charge on any atom is -0.369 e. The van der Waals surface area contributed by atoms with Crippen LogP contribution >= 0.6 is 11.6 Å². The second-order valence-corrected chi connectivity index (χ2v) is 10.5. The molecule has 2 aromatic heterocycles. The van der Waals surface area contributed by atoms with E-state index in [1.54, 1.807) is 6.20 Å². The minimum atomic E-state index is -0.791. The van der Waals surface area contributed by atoms with Crippen LogP contribution in [0.2, 0.25) is 5.02 Å². The Bertz CT molecular complexity index is 1650. The molecule has 2 heterocycles. The van der Waals surface area contributed by atoms with E-state index in [0.717, 1.165) is 50.8 Å². The third-order valence-corrected chi connectivity index (χ3v) is 7.13. The highest BCUT2D eigenvalue weighted by atomic mass is 35.5. The largest absolute Gasteiger partial charge is 0.369 e. The molecule has 5 aromatic rings. The van der Waals surface area contributed by atoms with Gasteiger partial charge in [0, 0.05) is 17.6 Å². The number of benzene rings is 3. The molecule has 0 aliphatic heterocycles. The number of amides is 1. The van der Waals surface area contributed by atoms with E-state index in [2.05, 4.69) is 38.1 Å². The second kappa shape index (κ2) is 9.91. The number of nitrogens with two attached hydrogens (primary N) is 1. The Labute approximate surface area is 226 Å². The van der Waals surface area contributed by atoms with Crippen molar-refractivity contribution in [3.05, 3.63) is 112 Å². The molecule has 1 amide bonds. The van der Waals surface area contributed by atoms with Crippen LogP contribution in [0.5, 0.6) is 0 Å². The summed E-state index contributed by atoms with van der Waals surface area (Å²) in [5.41, 5.74) is 12.4. The van der Waals surface area contributed by atoms with Crippen molar-refractivity contribution in [2.45, 2.75) is 39.5 Å². The van der Waals surface area contributed by atoms with Crippen LogP contribution in [0.25, 0.3) is 22.5 Å². The van der Waals surface area contributed by atoms with Gasteiger partial charge >= 0.3 is 0 Å². The minimum absolute atomic E-state index is 0.370. The summed E-state index contributed by atoms with van der Waals surface area (Å²) >= 11 is 6.24. The number of carbonyl (C=O) groups is 1. The van der Waals surface area contributed by atoms with E-state index >= 15 is 0 Å². The van der Waals surface area contributed by atoms with Gasteiger partial charge in [0.15, 0.2) is 0 Å². The molecule has 0 atom stereocenters. The number of imidazole rings is 1. The zero-order valence-electron chi connectivity index (χ0n) is 21.8. The molecule has 38 heavy (non-hydrogen) atoms. The normalized spacial score (nSPS) is 11.6. The number of carbonyl (C=O) groups excluding carboxylic acids is 1. The third kappa shape index (κ3) is 4.85. The lowest BCUT2D eigenvalue weighted by Crippen LogP contribution is -2.35. The zero-order chi connectivity index (χ0) is 27.0. The molecule has 0 saturated carbocycles. The van der Waals surface area contributed by atoms with Crippen LogP contribution < -0.4 is 5.73 Å². The van der Waals surface area contributed by atoms with E-state index in [9.17, 15) is 4.79 Å². The van der Waals surface area contributed by atoms with Gasteiger partial charge in [-0.05, 0) is 74.2 Å². The lowest BCUT2D eigenvalue weighted by molar-refractivity contribution is -0.122. The maximum absolute atomic E-state index is 12.1. The van der Waals surface area contributed by atoms with Crippen molar-refractivity contribution in [3.63, 3.8) is 0 Å². The summed E-state index contributed by atoms with van der Waals surface area (Å²) < 4.78 is 3.93. The quantitative estimate of drug-likeness (QED) is 0.293. The molecule has 0 radical (unpaired) electrons. The van der Waals surface area contributed by atoms with Gasteiger partial charge in [-0.15, -0.1) is 5.10 Å². The number of hydrogen-bond donors (Lipinski definition) is 1. The average molecular weight is 525 g/mol. The Kier molecular flexibility index (Phi) is 6.63. The molecule has 0 aliphatic rings. The van der Waals surface area contributed by atoms with E-state index in [1.807, 2.05) is 87.1 Å². The summed E-state index contributed by atoms with van der Waals surface area (Å²) in [6.45, 7) is 7.63. The lowest BCUT2D eigenvalue weighted by atomic mass is 9.82. The fourth-order valence-electron chi connectivity index (χ4n) is 4.60. The summed E-state index contributed by atoms with van der Waals surface area (Å²) in [5, 5.41) is 9.42. The summed E-state index contributed by atoms with van der Waals surface area (Å²) in [6.07, 6.45) is 4.40. The summed E-state index contributed by atoms with van der Waals surface area (Å²) in [4.78, 5) is 16.7. The van der Waals surface area contributed by atoms with Crippen molar-refractivity contribution in [2.75, 3.05) is 0 Å². The van der Waals surface area contributed by atoms with Crippen LogP contribution in [0.4, 0.5) is 0 Å². The number of hydrogen-bond acceptors (Lipinski definition) is 4. The number of nitrogens with zero attached hydrogens (tertiary/aromatic N) is 5. The smallest absolute Gasteiger partial charge is 0.227 e. The maximum atomic E-state index is 12.1. The first kappa shape index (κ1) is 25.4. The van der Waals surface area contributed by atoms with E-state index in [0.29, 0.717) is 11.4 Å². The molecule has 5 rings (SSSR count). The monoisotopic (exact) mass is 524 g/mol. The van der Waals surface area contributed by atoms with Crippen molar-refractivity contribution in [1.29, 1.82) is 0 Å². The number of aromatic nitrogens is 5. The van der Waals surface area contributed by atoms with Crippen molar-refractivity contribution in [2.24, 2.45) is 5.73 Å². The van der Waals surface area contributed by atoms with Gasteiger partial charge in [0.25, 0.3) is 0 Å². The molecule has 0 fully saturated rings. The number of halogens is 1.